The summed E-state index contributed by atoms with van der Waals surface area (Å²) in [7, 11) is -3.90. The van der Waals surface area contributed by atoms with Gasteiger partial charge in [-0.25, -0.2) is 13.6 Å². The number of anilines is 1. The van der Waals surface area contributed by atoms with E-state index >= 15 is 0 Å². The van der Waals surface area contributed by atoms with E-state index in [4.69, 9.17) is 5.14 Å². The molecular formula is C23H20N4O6S. The van der Waals surface area contributed by atoms with Crippen LogP contribution in [0.25, 0.3) is 6.08 Å². The molecule has 0 radical (unpaired) electrons. The quantitative estimate of drug-likeness (QED) is 0.267. The van der Waals surface area contributed by atoms with Gasteiger partial charge in [-0.2, -0.15) is 0 Å². The van der Waals surface area contributed by atoms with Crippen molar-refractivity contribution >= 4 is 39.3 Å². The van der Waals surface area contributed by atoms with Gasteiger partial charge in [0.05, 0.1) is 9.82 Å². The zero-order valence-corrected chi connectivity index (χ0v) is 18.7. The number of non-ortho nitro benzene ring substituents is 1. The summed E-state index contributed by atoms with van der Waals surface area (Å²) in [6, 6.07) is 17.3. The predicted octanol–water partition coefficient (Wildman–Crippen LogP) is 2.96. The Labute approximate surface area is 195 Å². The van der Waals surface area contributed by atoms with Crippen LogP contribution in [0.2, 0.25) is 0 Å². The summed E-state index contributed by atoms with van der Waals surface area (Å²) in [4.78, 5) is 36.1. The van der Waals surface area contributed by atoms with Crippen LogP contribution in [-0.4, -0.2) is 25.2 Å². The first-order chi connectivity index (χ1) is 16.0. The van der Waals surface area contributed by atoms with E-state index in [-0.39, 0.29) is 22.0 Å². The molecule has 0 aliphatic rings. The molecule has 0 fully saturated rings. The fourth-order valence-corrected chi connectivity index (χ4v) is 3.39. The molecule has 174 valence electrons. The van der Waals surface area contributed by atoms with Crippen molar-refractivity contribution in [1.82, 2.24) is 5.32 Å². The van der Waals surface area contributed by atoms with Gasteiger partial charge in [0.15, 0.2) is 0 Å². The molecule has 10 nitrogen and oxygen atoms in total. The molecule has 0 heterocycles. The number of nitrogens with one attached hydrogen (secondary N) is 2. The van der Waals surface area contributed by atoms with E-state index in [2.05, 4.69) is 10.6 Å². The number of nitrogens with two attached hydrogens (primary N) is 1. The van der Waals surface area contributed by atoms with E-state index in [1.165, 1.54) is 48.5 Å². The number of carbonyl (C=O) groups is 2. The number of carbonyl (C=O) groups excluding carboxylic acids is 2. The highest BCUT2D eigenvalue weighted by Crippen LogP contribution is 2.17. The topological polar surface area (TPSA) is 162 Å². The average Bonchev–Trinajstić information content (AvgIpc) is 2.79. The normalized spacial score (nSPS) is 11.5. The number of nitro groups is 1. The van der Waals surface area contributed by atoms with Crippen LogP contribution in [0.4, 0.5) is 11.4 Å². The van der Waals surface area contributed by atoms with Crippen molar-refractivity contribution in [3.05, 3.63) is 105 Å². The van der Waals surface area contributed by atoms with Crippen LogP contribution in [0.1, 0.15) is 21.5 Å². The van der Waals surface area contributed by atoms with Gasteiger partial charge in [0, 0.05) is 23.4 Å². The molecule has 0 aromatic heterocycles. The summed E-state index contributed by atoms with van der Waals surface area (Å²) in [5, 5.41) is 21.2. The minimum atomic E-state index is -3.90. The lowest BCUT2D eigenvalue weighted by molar-refractivity contribution is -0.384. The molecule has 4 N–H and O–H groups in total. The number of rotatable bonds is 7. The highest BCUT2D eigenvalue weighted by atomic mass is 32.2. The van der Waals surface area contributed by atoms with E-state index in [1.807, 2.05) is 6.92 Å². The number of nitrogens with zero attached hydrogens (tertiary/aromatic N) is 1. The van der Waals surface area contributed by atoms with Gasteiger partial charge in [0.1, 0.15) is 5.70 Å². The van der Waals surface area contributed by atoms with E-state index in [0.29, 0.717) is 11.1 Å². The van der Waals surface area contributed by atoms with Gasteiger partial charge in [-0.05, 0) is 55.0 Å². The van der Waals surface area contributed by atoms with Gasteiger partial charge in [0.2, 0.25) is 10.0 Å². The maximum Gasteiger partial charge on any atom is 0.272 e. The molecular weight excluding hydrogens is 460 g/mol. The van der Waals surface area contributed by atoms with E-state index < -0.39 is 26.8 Å². The van der Waals surface area contributed by atoms with E-state index in [9.17, 15) is 28.1 Å². The summed E-state index contributed by atoms with van der Waals surface area (Å²) >= 11 is 0. The summed E-state index contributed by atoms with van der Waals surface area (Å²) in [6.07, 6.45) is 1.30. The predicted molar refractivity (Wildman–Crippen MR) is 126 cm³/mol. The molecule has 11 heteroatoms. The van der Waals surface area contributed by atoms with E-state index in [0.717, 1.165) is 5.56 Å². The molecule has 0 unspecified atom stereocenters. The first-order valence-electron chi connectivity index (χ1n) is 9.81. The Morgan fingerprint density at radius 3 is 2.24 bits per heavy atom. The minimum Gasteiger partial charge on any atom is -0.321 e. The molecule has 0 bridgehead atoms. The lowest BCUT2D eigenvalue weighted by atomic mass is 10.1. The number of benzene rings is 3. The van der Waals surface area contributed by atoms with Gasteiger partial charge in [-0.3, -0.25) is 19.7 Å². The van der Waals surface area contributed by atoms with Gasteiger partial charge in [-0.15, -0.1) is 0 Å². The average molecular weight is 481 g/mol. The largest absolute Gasteiger partial charge is 0.321 e. The molecule has 0 atom stereocenters. The summed E-state index contributed by atoms with van der Waals surface area (Å²) in [6.45, 7) is 1.87. The number of sulfonamides is 1. The van der Waals surface area contributed by atoms with E-state index in [1.54, 1.807) is 30.3 Å². The number of primary sulfonamides is 1. The molecule has 3 aromatic carbocycles. The van der Waals surface area contributed by atoms with Crippen molar-refractivity contribution in [1.29, 1.82) is 0 Å². The lowest BCUT2D eigenvalue weighted by Gasteiger charge is -2.12. The van der Waals surface area contributed by atoms with Crippen molar-refractivity contribution < 1.29 is 22.9 Å². The summed E-state index contributed by atoms with van der Waals surface area (Å²) in [5.41, 5.74) is 1.45. The van der Waals surface area contributed by atoms with Crippen molar-refractivity contribution in [3.8, 4) is 0 Å². The van der Waals surface area contributed by atoms with Gasteiger partial charge in [-0.1, -0.05) is 29.8 Å². The molecule has 0 aliphatic carbocycles. The van der Waals surface area contributed by atoms with Crippen molar-refractivity contribution in [3.63, 3.8) is 0 Å². The SMILES string of the molecule is Cc1ccc(C(=O)N/C(=C/c2cccc([N+](=O)[O-])c2)C(=O)Nc2ccc(S(N)(=O)=O)cc2)cc1. The van der Waals surface area contributed by atoms with Crippen LogP contribution < -0.4 is 15.8 Å². The third-order valence-electron chi connectivity index (χ3n) is 4.64. The van der Waals surface area contributed by atoms with Crippen LogP contribution in [0.15, 0.2) is 83.4 Å². The number of amides is 2. The number of aryl methyl sites for hydroxylation is 1. The van der Waals surface area contributed by atoms with Crippen LogP contribution >= 0.6 is 0 Å². The number of hydrogen-bond donors (Lipinski definition) is 3. The molecule has 0 saturated carbocycles. The van der Waals surface area contributed by atoms with Crippen LogP contribution in [0.5, 0.6) is 0 Å². The fraction of sp³-hybridized carbons (Fsp3) is 0.0435. The Morgan fingerprint density at radius 1 is 1.00 bits per heavy atom. The van der Waals surface area contributed by atoms with Crippen molar-refractivity contribution in [2.45, 2.75) is 11.8 Å². The monoisotopic (exact) mass is 480 g/mol. The standard InChI is InChI=1S/C23H20N4O6S/c1-15-5-7-17(8-6-15)22(28)26-21(14-16-3-2-4-19(13-16)27(30)31)23(29)25-18-9-11-20(12-10-18)34(24,32)33/h2-14H,1H3,(H,25,29)(H,26,28)(H2,24,32,33)/b21-14+. The third-order valence-corrected chi connectivity index (χ3v) is 5.57. The summed E-state index contributed by atoms with van der Waals surface area (Å²) < 4.78 is 22.8. The van der Waals surface area contributed by atoms with Crippen molar-refractivity contribution in [2.24, 2.45) is 5.14 Å². The second-order valence-electron chi connectivity index (χ2n) is 7.25. The maximum atomic E-state index is 13.0. The lowest BCUT2D eigenvalue weighted by Crippen LogP contribution is -2.30. The Balaban J connectivity index is 1.92. The zero-order valence-electron chi connectivity index (χ0n) is 17.9. The highest BCUT2D eigenvalue weighted by molar-refractivity contribution is 7.89. The van der Waals surface area contributed by atoms with Crippen molar-refractivity contribution in [2.75, 3.05) is 5.32 Å². The second kappa shape index (κ2) is 10.1. The Morgan fingerprint density at radius 2 is 1.65 bits per heavy atom. The summed E-state index contributed by atoms with van der Waals surface area (Å²) in [5.74, 6) is -1.29. The number of hydrogen-bond acceptors (Lipinski definition) is 6. The Bertz CT molecular complexity index is 1380. The van der Waals surface area contributed by atoms with Crippen LogP contribution in [-0.2, 0) is 14.8 Å². The molecule has 0 saturated heterocycles. The van der Waals surface area contributed by atoms with Crippen LogP contribution in [0.3, 0.4) is 0 Å². The Hall–Kier alpha value is -4.35. The fourth-order valence-electron chi connectivity index (χ4n) is 2.88. The van der Waals surface area contributed by atoms with Gasteiger partial charge in [0.25, 0.3) is 17.5 Å². The first-order valence-corrected chi connectivity index (χ1v) is 11.4. The smallest absolute Gasteiger partial charge is 0.272 e. The maximum absolute atomic E-state index is 13.0. The highest BCUT2D eigenvalue weighted by Gasteiger charge is 2.16. The molecule has 0 aliphatic heterocycles. The third kappa shape index (κ3) is 6.34. The molecule has 3 rings (SSSR count). The second-order valence-corrected chi connectivity index (χ2v) is 8.82. The van der Waals surface area contributed by atoms with Crippen LogP contribution in [0, 0.1) is 17.0 Å². The zero-order chi connectivity index (χ0) is 24.9. The minimum absolute atomic E-state index is 0.134. The molecule has 0 spiro atoms. The van der Waals surface area contributed by atoms with Gasteiger partial charge < -0.3 is 10.6 Å². The molecule has 3 aromatic rings. The first kappa shape index (κ1) is 24.3. The number of nitro benzene ring substituents is 1. The molecule has 34 heavy (non-hydrogen) atoms. The van der Waals surface area contributed by atoms with Gasteiger partial charge >= 0.3 is 0 Å². The molecule has 2 amide bonds. The Kier molecular flexibility index (Phi) is 7.19.